The first kappa shape index (κ1) is 17.8. The molecular formula is C14H15Cl2N7O. The molecule has 1 aromatic heterocycles. The Kier molecular flexibility index (Phi) is 5.78. The van der Waals surface area contributed by atoms with Gasteiger partial charge < -0.3 is 22.5 Å². The first-order valence-electron chi connectivity index (χ1n) is 6.82. The zero-order valence-corrected chi connectivity index (χ0v) is 14.0. The van der Waals surface area contributed by atoms with E-state index in [0.29, 0.717) is 18.0 Å². The van der Waals surface area contributed by atoms with Crippen LogP contribution < -0.4 is 22.5 Å². The van der Waals surface area contributed by atoms with Gasteiger partial charge >= 0.3 is 5.91 Å². The Balaban J connectivity index is 2.06. The molecule has 10 heteroatoms. The summed E-state index contributed by atoms with van der Waals surface area (Å²) >= 11 is 11.8. The third kappa shape index (κ3) is 4.71. The Bertz CT molecular complexity index is 773. The lowest BCUT2D eigenvalue weighted by molar-refractivity contribution is 0.0998. The standard InChI is InChI=1S/C14H15Cl2N7O/c15-8-3-1-7(2-4-8)5-6-20-12-10(16)21-9(11(17)22-12)13(24)23-14(18)19/h1-4H,5-6H2,(H3,17,20,22)(H4,18,19,23,24). The molecule has 0 aliphatic rings. The summed E-state index contributed by atoms with van der Waals surface area (Å²) in [6.07, 6.45) is 0.712. The van der Waals surface area contributed by atoms with Crippen LogP contribution in [0.15, 0.2) is 29.3 Å². The average Bonchev–Trinajstić information content (AvgIpc) is 2.51. The predicted molar refractivity (Wildman–Crippen MR) is 95.2 cm³/mol. The van der Waals surface area contributed by atoms with E-state index in [2.05, 4.69) is 20.3 Å². The van der Waals surface area contributed by atoms with Gasteiger partial charge in [-0.25, -0.2) is 9.97 Å². The van der Waals surface area contributed by atoms with E-state index < -0.39 is 11.9 Å². The zero-order valence-electron chi connectivity index (χ0n) is 12.5. The maximum Gasteiger partial charge on any atom is 0.302 e. The van der Waals surface area contributed by atoms with E-state index in [0.717, 1.165) is 5.56 Å². The highest BCUT2D eigenvalue weighted by atomic mass is 35.5. The highest BCUT2D eigenvalue weighted by Gasteiger charge is 2.16. The van der Waals surface area contributed by atoms with Gasteiger partial charge in [-0.3, -0.25) is 4.79 Å². The minimum Gasteiger partial charge on any atom is -0.382 e. The number of halogens is 2. The summed E-state index contributed by atoms with van der Waals surface area (Å²) < 4.78 is 0. The summed E-state index contributed by atoms with van der Waals surface area (Å²) in [5.41, 5.74) is 16.9. The van der Waals surface area contributed by atoms with Crippen molar-refractivity contribution in [2.45, 2.75) is 6.42 Å². The Labute approximate surface area is 148 Å². The van der Waals surface area contributed by atoms with Crippen LogP contribution >= 0.6 is 23.2 Å². The molecule has 126 valence electrons. The highest BCUT2D eigenvalue weighted by molar-refractivity contribution is 6.32. The van der Waals surface area contributed by atoms with Gasteiger partial charge in [-0.15, -0.1) is 0 Å². The van der Waals surface area contributed by atoms with Crippen molar-refractivity contribution in [1.82, 2.24) is 9.97 Å². The molecule has 7 N–H and O–H groups in total. The SMILES string of the molecule is NC(N)=NC(=O)c1nc(Cl)c(NCCc2ccc(Cl)cc2)nc1N. The minimum atomic E-state index is -0.811. The summed E-state index contributed by atoms with van der Waals surface area (Å²) in [6.45, 7) is 0.538. The Morgan fingerprint density at radius 3 is 2.46 bits per heavy atom. The fraction of sp³-hybridized carbons (Fsp3) is 0.143. The zero-order chi connectivity index (χ0) is 17.7. The molecule has 0 radical (unpaired) electrons. The average molecular weight is 368 g/mol. The van der Waals surface area contributed by atoms with Gasteiger partial charge in [0.2, 0.25) is 0 Å². The topological polar surface area (TPSA) is 145 Å². The smallest absolute Gasteiger partial charge is 0.302 e. The van der Waals surface area contributed by atoms with Crippen LogP contribution in [0, 0.1) is 0 Å². The lowest BCUT2D eigenvalue weighted by Gasteiger charge is -2.09. The molecule has 0 atom stereocenters. The monoisotopic (exact) mass is 367 g/mol. The number of hydrogen-bond donors (Lipinski definition) is 4. The Hall–Kier alpha value is -2.58. The van der Waals surface area contributed by atoms with E-state index in [1.54, 1.807) is 0 Å². The summed E-state index contributed by atoms with van der Waals surface area (Å²) in [5, 5.41) is 3.68. The van der Waals surface area contributed by atoms with Gasteiger partial charge in [0.05, 0.1) is 0 Å². The molecule has 2 aromatic rings. The second kappa shape index (κ2) is 7.80. The van der Waals surface area contributed by atoms with E-state index in [1.807, 2.05) is 24.3 Å². The van der Waals surface area contributed by atoms with Gasteiger partial charge in [-0.05, 0) is 24.1 Å². The predicted octanol–water partition coefficient (Wildman–Crippen LogP) is 1.43. The van der Waals surface area contributed by atoms with Crippen molar-refractivity contribution in [2.24, 2.45) is 16.5 Å². The number of carbonyl (C=O) groups is 1. The number of rotatable bonds is 5. The van der Waals surface area contributed by atoms with E-state index >= 15 is 0 Å². The number of nitrogens with two attached hydrogens (primary N) is 3. The highest BCUT2D eigenvalue weighted by Crippen LogP contribution is 2.21. The minimum absolute atomic E-state index is 0.00514. The molecule has 0 spiro atoms. The number of nitrogens with zero attached hydrogens (tertiary/aromatic N) is 3. The van der Waals surface area contributed by atoms with Crippen molar-refractivity contribution < 1.29 is 4.79 Å². The van der Waals surface area contributed by atoms with Crippen LogP contribution in [0.1, 0.15) is 16.1 Å². The largest absolute Gasteiger partial charge is 0.382 e. The second-order valence-electron chi connectivity index (χ2n) is 4.74. The van der Waals surface area contributed by atoms with Crippen molar-refractivity contribution in [3.63, 3.8) is 0 Å². The van der Waals surface area contributed by atoms with E-state index in [9.17, 15) is 4.79 Å². The van der Waals surface area contributed by atoms with Crippen LogP contribution in [0.5, 0.6) is 0 Å². The molecule has 0 unspecified atom stereocenters. The number of amides is 1. The number of anilines is 2. The van der Waals surface area contributed by atoms with Gasteiger partial charge in [0.25, 0.3) is 0 Å². The number of aromatic nitrogens is 2. The van der Waals surface area contributed by atoms with E-state index in [-0.39, 0.29) is 22.5 Å². The molecule has 1 heterocycles. The number of carbonyl (C=O) groups excluding carboxylic acids is 1. The van der Waals surface area contributed by atoms with E-state index in [4.69, 9.17) is 40.4 Å². The quantitative estimate of drug-likeness (QED) is 0.461. The van der Waals surface area contributed by atoms with Crippen molar-refractivity contribution in [3.05, 3.63) is 45.7 Å². The molecule has 24 heavy (non-hydrogen) atoms. The number of nitrogen functional groups attached to an aromatic ring is 1. The lowest BCUT2D eigenvalue weighted by Crippen LogP contribution is -2.25. The molecule has 0 saturated heterocycles. The number of aliphatic imine (C=N–C) groups is 1. The van der Waals surface area contributed by atoms with Gasteiger partial charge in [-0.1, -0.05) is 35.3 Å². The molecule has 0 bridgehead atoms. The van der Waals surface area contributed by atoms with Crippen molar-refractivity contribution in [3.8, 4) is 0 Å². The van der Waals surface area contributed by atoms with Crippen LogP contribution in [0.2, 0.25) is 10.2 Å². The second-order valence-corrected chi connectivity index (χ2v) is 5.54. The summed E-state index contributed by atoms with van der Waals surface area (Å²) in [4.78, 5) is 23.0. The molecule has 1 aromatic carbocycles. The molecule has 0 aliphatic heterocycles. The fourth-order valence-corrected chi connectivity index (χ4v) is 2.16. The summed E-state index contributed by atoms with van der Waals surface area (Å²) in [5.74, 6) is -1.06. The lowest BCUT2D eigenvalue weighted by atomic mass is 10.1. The Morgan fingerprint density at radius 1 is 1.17 bits per heavy atom. The fourth-order valence-electron chi connectivity index (χ4n) is 1.84. The molecule has 2 rings (SSSR count). The van der Waals surface area contributed by atoms with Crippen molar-refractivity contribution in [1.29, 1.82) is 0 Å². The number of guanidine groups is 1. The summed E-state index contributed by atoms with van der Waals surface area (Å²) in [7, 11) is 0. The third-order valence-corrected chi connectivity index (χ3v) is 3.45. The van der Waals surface area contributed by atoms with Gasteiger partial charge in [0.1, 0.15) is 0 Å². The summed E-state index contributed by atoms with van der Waals surface area (Å²) in [6, 6.07) is 7.46. The maximum absolute atomic E-state index is 11.7. The van der Waals surface area contributed by atoms with Crippen LogP contribution in [-0.4, -0.2) is 28.4 Å². The molecule has 8 nitrogen and oxygen atoms in total. The number of hydrogen-bond acceptors (Lipinski definition) is 5. The van der Waals surface area contributed by atoms with Crippen LogP contribution in [-0.2, 0) is 6.42 Å². The first-order valence-corrected chi connectivity index (χ1v) is 7.57. The van der Waals surface area contributed by atoms with Gasteiger partial charge in [0, 0.05) is 11.6 Å². The normalized spacial score (nSPS) is 10.2. The molecule has 0 fully saturated rings. The van der Waals surface area contributed by atoms with Crippen LogP contribution in [0.25, 0.3) is 0 Å². The van der Waals surface area contributed by atoms with Gasteiger partial charge in [-0.2, -0.15) is 4.99 Å². The Morgan fingerprint density at radius 2 is 1.83 bits per heavy atom. The number of benzene rings is 1. The molecular weight excluding hydrogens is 353 g/mol. The number of nitrogens with one attached hydrogen (secondary N) is 1. The first-order chi connectivity index (χ1) is 11.4. The van der Waals surface area contributed by atoms with Crippen molar-refractivity contribution in [2.75, 3.05) is 17.6 Å². The van der Waals surface area contributed by atoms with Crippen molar-refractivity contribution >= 4 is 46.7 Å². The molecule has 0 aliphatic carbocycles. The molecule has 1 amide bonds. The maximum atomic E-state index is 11.7. The van der Waals surface area contributed by atoms with E-state index in [1.165, 1.54) is 0 Å². The van der Waals surface area contributed by atoms with Crippen LogP contribution in [0.4, 0.5) is 11.6 Å². The third-order valence-electron chi connectivity index (χ3n) is 2.93. The molecule has 0 saturated carbocycles. The van der Waals surface area contributed by atoms with Gasteiger partial charge in [0.15, 0.2) is 28.4 Å². The van der Waals surface area contributed by atoms with Crippen LogP contribution in [0.3, 0.4) is 0 Å².